The zero-order chi connectivity index (χ0) is 18.2. The summed E-state index contributed by atoms with van der Waals surface area (Å²) in [6.45, 7) is 8.16. The normalized spacial score (nSPS) is 11.1. The fraction of sp³-hybridized carbons (Fsp3) is 0.474. The van der Waals surface area contributed by atoms with Gasteiger partial charge in [0.05, 0.1) is 18.0 Å². The van der Waals surface area contributed by atoms with Gasteiger partial charge >= 0.3 is 0 Å². The van der Waals surface area contributed by atoms with Gasteiger partial charge in [-0.15, -0.1) is 11.3 Å². The van der Waals surface area contributed by atoms with Crippen LogP contribution in [0.2, 0.25) is 0 Å². The average Bonchev–Trinajstić information content (AvgIpc) is 3.03. The Balaban J connectivity index is 2.26. The van der Waals surface area contributed by atoms with Gasteiger partial charge < -0.3 is 5.11 Å². The number of amides is 1. The fourth-order valence-electron chi connectivity index (χ4n) is 2.86. The highest BCUT2D eigenvalue weighted by molar-refractivity contribution is 7.14. The third-order valence-corrected chi connectivity index (χ3v) is 4.88. The van der Waals surface area contributed by atoms with Crippen molar-refractivity contribution in [3.63, 3.8) is 0 Å². The van der Waals surface area contributed by atoms with Gasteiger partial charge in [0.1, 0.15) is 0 Å². The highest BCUT2D eigenvalue weighted by Crippen LogP contribution is 2.32. The summed E-state index contributed by atoms with van der Waals surface area (Å²) < 4.78 is 0. The van der Waals surface area contributed by atoms with Crippen LogP contribution in [0, 0.1) is 0 Å². The molecule has 2 rings (SSSR count). The molecule has 5 nitrogen and oxygen atoms in total. The lowest BCUT2D eigenvalue weighted by Gasteiger charge is -2.21. The van der Waals surface area contributed by atoms with Crippen molar-refractivity contribution in [1.82, 2.24) is 9.88 Å². The largest absolute Gasteiger partial charge is 0.395 e. The molecular weight excluding hydrogens is 334 g/mol. The van der Waals surface area contributed by atoms with E-state index in [0.717, 1.165) is 36.3 Å². The number of aryl methyl sites for hydroxylation is 1. The van der Waals surface area contributed by atoms with E-state index >= 15 is 0 Å². The Kier molecular flexibility index (Phi) is 7.55. The number of thiazole rings is 1. The van der Waals surface area contributed by atoms with E-state index in [9.17, 15) is 9.90 Å². The molecule has 1 aromatic heterocycles. The summed E-state index contributed by atoms with van der Waals surface area (Å²) in [6.07, 6.45) is 1.89. The van der Waals surface area contributed by atoms with E-state index in [1.54, 1.807) is 11.8 Å². The Morgan fingerprint density at radius 3 is 2.64 bits per heavy atom. The van der Waals surface area contributed by atoms with Crippen LogP contribution in [-0.2, 0) is 17.8 Å². The van der Waals surface area contributed by atoms with Gasteiger partial charge in [-0.3, -0.25) is 14.6 Å². The van der Waals surface area contributed by atoms with Crippen molar-refractivity contribution in [2.45, 2.75) is 40.2 Å². The average molecular weight is 362 g/mol. The zero-order valence-electron chi connectivity index (χ0n) is 15.2. The Hall–Kier alpha value is -1.76. The summed E-state index contributed by atoms with van der Waals surface area (Å²) >= 11 is 1.48. The van der Waals surface area contributed by atoms with Crippen LogP contribution in [0.5, 0.6) is 0 Å². The van der Waals surface area contributed by atoms with Gasteiger partial charge in [0.25, 0.3) is 0 Å². The first kappa shape index (κ1) is 19.6. The summed E-state index contributed by atoms with van der Waals surface area (Å²) in [5.41, 5.74) is 2.96. The lowest BCUT2D eigenvalue weighted by Crippen LogP contribution is -2.27. The molecule has 0 fully saturated rings. The van der Waals surface area contributed by atoms with E-state index in [1.807, 2.05) is 29.6 Å². The number of para-hydroxylation sites is 1. The number of aromatic nitrogens is 1. The second kappa shape index (κ2) is 9.65. The SMILES string of the molecule is CCCN(CCO)Cc1csc(N(C(C)=O)c2ccccc2CC)n1. The van der Waals surface area contributed by atoms with Crippen LogP contribution in [0.25, 0.3) is 0 Å². The van der Waals surface area contributed by atoms with E-state index in [2.05, 4.69) is 23.7 Å². The van der Waals surface area contributed by atoms with Gasteiger partial charge in [-0.1, -0.05) is 32.0 Å². The van der Waals surface area contributed by atoms with Crippen LogP contribution < -0.4 is 4.90 Å². The Labute approximate surface area is 153 Å². The molecule has 1 heterocycles. The molecule has 1 aromatic carbocycles. The number of anilines is 2. The standard InChI is InChI=1S/C19H27N3O2S/c1-4-10-21(11-12-23)13-17-14-25-19(20-17)22(15(3)24)18-9-7-6-8-16(18)5-2/h6-9,14,23H,4-5,10-13H2,1-3H3. The van der Waals surface area contributed by atoms with Crippen LogP contribution in [0.3, 0.4) is 0 Å². The monoisotopic (exact) mass is 361 g/mol. The Morgan fingerprint density at radius 1 is 1.24 bits per heavy atom. The molecule has 0 aliphatic heterocycles. The van der Waals surface area contributed by atoms with E-state index < -0.39 is 0 Å². The number of nitrogens with zero attached hydrogens (tertiary/aromatic N) is 3. The molecule has 0 saturated heterocycles. The molecule has 1 N–H and O–H groups in total. The number of hydrogen-bond donors (Lipinski definition) is 1. The lowest BCUT2D eigenvalue weighted by molar-refractivity contribution is -0.115. The predicted molar refractivity (Wildman–Crippen MR) is 103 cm³/mol. The number of hydrogen-bond acceptors (Lipinski definition) is 5. The molecule has 25 heavy (non-hydrogen) atoms. The molecule has 2 aromatic rings. The van der Waals surface area contributed by atoms with Gasteiger partial charge in [-0.25, -0.2) is 4.98 Å². The Bertz CT molecular complexity index is 681. The topological polar surface area (TPSA) is 56.7 Å². The van der Waals surface area contributed by atoms with Crippen molar-refractivity contribution in [3.8, 4) is 0 Å². The van der Waals surface area contributed by atoms with E-state index in [1.165, 1.54) is 11.3 Å². The fourth-order valence-corrected chi connectivity index (χ4v) is 3.73. The van der Waals surface area contributed by atoms with E-state index in [4.69, 9.17) is 0 Å². The summed E-state index contributed by atoms with van der Waals surface area (Å²) in [5, 5.41) is 11.9. The molecule has 0 radical (unpaired) electrons. The number of rotatable bonds is 9. The highest BCUT2D eigenvalue weighted by Gasteiger charge is 2.20. The molecule has 0 spiro atoms. The lowest BCUT2D eigenvalue weighted by atomic mass is 10.1. The predicted octanol–water partition coefficient (Wildman–Crippen LogP) is 3.59. The van der Waals surface area contributed by atoms with Gasteiger partial charge in [0.2, 0.25) is 5.91 Å². The quantitative estimate of drug-likeness (QED) is 0.741. The first-order chi connectivity index (χ1) is 12.1. The second-order valence-electron chi connectivity index (χ2n) is 5.96. The summed E-state index contributed by atoms with van der Waals surface area (Å²) in [4.78, 5) is 20.9. The van der Waals surface area contributed by atoms with Gasteiger partial charge in [0.15, 0.2) is 5.13 Å². The van der Waals surface area contributed by atoms with Crippen LogP contribution in [0.1, 0.15) is 38.4 Å². The van der Waals surface area contributed by atoms with Crippen molar-refractivity contribution in [2.24, 2.45) is 0 Å². The smallest absolute Gasteiger partial charge is 0.230 e. The van der Waals surface area contributed by atoms with Crippen molar-refractivity contribution < 1.29 is 9.90 Å². The minimum Gasteiger partial charge on any atom is -0.395 e. The molecule has 136 valence electrons. The summed E-state index contributed by atoms with van der Waals surface area (Å²) in [7, 11) is 0. The van der Waals surface area contributed by atoms with Crippen LogP contribution in [-0.4, -0.2) is 40.6 Å². The third kappa shape index (κ3) is 5.11. The maximum Gasteiger partial charge on any atom is 0.230 e. The molecule has 1 amide bonds. The summed E-state index contributed by atoms with van der Waals surface area (Å²) in [5.74, 6) is -0.0393. The molecule has 0 unspecified atom stereocenters. The van der Waals surface area contributed by atoms with Crippen molar-refractivity contribution >= 4 is 28.1 Å². The molecule has 0 bridgehead atoms. The number of benzene rings is 1. The molecule has 0 aliphatic rings. The number of carbonyl (C=O) groups excluding carboxylic acids is 1. The van der Waals surface area contributed by atoms with Crippen LogP contribution >= 0.6 is 11.3 Å². The van der Waals surface area contributed by atoms with Crippen LogP contribution in [0.4, 0.5) is 10.8 Å². The molecular formula is C19H27N3O2S. The molecule has 0 saturated carbocycles. The minimum absolute atomic E-state index is 0.0393. The number of carbonyl (C=O) groups is 1. The van der Waals surface area contributed by atoms with E-state index in [0.29, 0.717) is 18.2 Å². The van der Waals surface area contributed by atoms with E-state index in [-0.39, 0.29) is 12.5 Å². The molecule has 0 aliphatic carbocycles. The first-order valence-electron chi connectivity index (χ1n) is 8.76. The van der Waals surface area contributed by atoms with Crippen LogP contribution in [0.15, 0.2) is 29.6 Å². The van der Waals surface area contributed by atoms with Crippen molar-refractivity contribution in [3.05, 3.63) is 40.9 Å². The second-order valence-corrected chi connectivity index (χ2v) is 6.79. The number of aliphatic hydroxyl groups excluding tert-OH is 1. The third-order valence-electron chi connectivity index (χ3n) is 4.00. The van der Waals surface area contributed by atoms with Gasteiger partial charge in [-0.05, 0) is 31.0 Å². The maximum absolute atomic E-state index is 12.3. The number of aliphatic hydroxyl groups is 1. The zero-order valence-corrected chi connectivity index (χ0v) is 16.1. The first-order valence-corrected chi connectivity index (χ1v) is 9.64. The van der Waals surface area contributed by atoms with Gasteiger partial charge in [-0.2, -0.15) is 0 Å². The van der Waals surface area contributed by atoms with Crippen molar-refractivity contribution in [1.29, 1.82) is 0 Å². The Morgan fingerprint density at radius 2 is 2.00 bits per heavy atom. The molecule has 6 heteroatoms. The van der Waals surface area contributed by atoms with Gasteiger partial charge in [0, 0.05) is 25.4 Å². The summed E-state index contributed by atoms with van der Waals surface area (Å²) in [6, 6.07) is 7.95. The minimum atomic E-state index is -0.0393. The highest BCUT2D eigenvalue weighted by atomic mass is 32.1. The molecule has 0 atom stereocenters. The maximum atomic E-state index is 12.3. The van der Waals surface area contributed by atoms with Crippen molar-refractivity contribution in [2.75, 3.05) is 24.6 Å².